The first-order chi connectivity index (χ1) is 13.2. The first kappa shape index (κ1) is 21.8. The maximum atomic E-state index is 12.7. The first-order valence-electron chi connectivity index (χ1n) is 8.41. The fourth-order valence-electron chi connectivity index (χ4n) is 2.74. The third-order valence-electron chi connectivity index (χ3n) is 4.07. The van der Waals surface area contributed by atoms with Gasteiger partial charge < -0.3 is 14.8 Å². The molecule has 1 amide bonds. The lowest BCUT2D eigenvalue weighted by molar-refractivity contribution is -0.122. The van der Waals surface area contributed by atoms with E-state index in [4.69, 9.17) is 21.1 Å². The molecule has 0 saturated carbocycles. The largest absolute Gasteiger partial charge is 0.497 e. The van der Waals surface area contributed by atoms with Crippen molar-refractivity contribution in [3.8, 4) is 11.5 Å². The summed E-state index contributed by atoms with van der Waals surface area (Å²) in [5.41, 5.74) is 1.02. The van der Waals surface area contributed by atoms with Gasteiger partial charge in [0.05, 0.1) is 26.2 Å². The minimum atomic E-state index is -3.79. The number of carbonyl (C=O) groups is 1. The zero-order valence-electron chi connectivity index (χ0n) is 16.1. The Hall–Kier alpha value is -2.45. The highest BCUT2D eigenvalue weighted by Crippen LogP contribution is 2.34. The summed E-state index contributed by atoms with van der Waals surface area (Å²) in [6, 6.07) is 10.8. The number of benzene rings is 2. The molecule has 0 heterocycles. The van der Waals surface area contributed by atoms with Gasteiger partial charge in [-0.25, -0.2) is 8.42 Å². The van der Waals surface area contributed by atoms with E-state index in [0.29, 0.717) is 16.5 Å². The van der Waals surface area contributed by atoms with E-state index in [9.17, 15) is 13.2 Å². The molecular weight excluding hydrogens is 404 g/mol. The van der Waals surface area contributed by atoms with Gasteiger partial charge in [-0.3, -0.25) is 9.10 Å². The van der Waals surface area contributed by atoms with Crippen molar-refractivity contribution in [3.63, 3.8) is 0 Å². The molecular formula is C19H23ClN2O5S. The smallest absolute Gasteiger partial charge is 0.243 e. The van der Waals surface area contributed by atoms with Crippen molar-refractivity contribution in [2.45, 2.75) is 19.5 Å². The van der Waals surface area contributed by atoms with E-state index < -0.39 is 22.0 Å². The average Bonchev–Trinajstić information content (AvgIpc) is 2.65. The lowest BCUT2D eigenvalue weighted by Crippen LogP contribution is -2.47. The highest BCUT2D eigenvalue weighted by molar-refractivity contribution is 7.92. The molecule has 7 nitrogen and oxygen atoms in total. The number of nitrogens with one attached hydrogen (secondary N) is 1. The fraction of sp³-hybridized carbons (Fsp3) is 0.316. The Bertz CT molecular complexity index is 949. The summed E-state index contributed by atoms with van der Waals surface area (Å²) in [6.07, 6.45) is 1.03. The molecule has 9 heteroatoms. The second kappa shape index (κ2) is 9.16. The van der Waals surface area contributed by atoms with Crippen molar-refractivity contribution < 1.29 is 22.7 Å². The molecule has 2 aromatic carbocycles. The molecule has 0 fully saturated rings. The van der Waals surface area contributed by atoms with Crippen molar-refractivity contribution >= 4 is 33.2 Å². The van der Waals surface area contributed by atoms with E-state index in [0.717, 1.165) is 16.1 Å². The van der Waals surface area contributed by atoms with Gasteiger partial charge in [0.25, 0.3) is 0 Å². The van der Waals surface area contributed by atoms with Gasteiger partial charge >= 0.3 is 0 Å². The molecule has 0 saturated heterocycles. The molecule has 0 bridgehead atoms. The van der Waals surface area contributed by atoms with Gasteiger partial charge in [0.2, 0.25) is 15.9 Å². The number of sulfonamides is 1. The van der Waals surface area contributed by atoms with Crippen LogP contribution in [0.2, 0.25) is 5.02 Å². The molecule has 0 radical (unpaired) electrons. The molecule has 2 rings (SSSR count). The number of hydrogen-bond donors (Lipinski definition) is 1. The number of halogens is 1. The zero-order chi connectivity index (χ0) is 20.9. The Labute approximate surface area is 170 Å². The molecule has 0 aromatic heterocycles. The quantitative estimate of drug-likeness (QED) is 0.701. The van der Waals surface area contributed by atoms with E-state index in [1.807, 2.05) is 12.1 Å². The van der Waals surface area contributed by atoms with Crippen LogP contribution in [0.3, 0.4) is 0 Å². The van der Waals surface area contributed by atoms with Crippen LogP contribution in [-0.2, 0) is 21.4 Å². The second-order valence-corrected chi connectivity index (χ2v) is 8.42. The summed E-state index contributed by atoms with van der Waals surface area (Å²) < 4.78 is 36.3. The summed E-state index contributed by atoms with van der Waals surface area (Å²) >= 11 is 6.03. The predicted molar refractivity (Wildman–Crippen MR) is 110 cm³/mol. The molecule has 0 aliphatic carbocycles. The van der Waals surface area contributed by atoms with E-state index in [-0.39, 0.29) is 12.2 Å². The zero-order valence-corrected chi connectivity index (χ0v) is 17.7. The maximum Gasteiger partial charge on any atom is 0.243 e. The summed E-state index contributed by atoms with van der Waals surface area (Å²) in [5.74, 6) is 0.499. The van der Waals surface area contributed by atoms with Crippen LogP contribution in [-0.4, -0.2) is 40.8 Å². The standard InChI is InChI=1S/C19H23ClN2O5S/c1-13(19(23)21-12-14-6-5-7-16(10-14)26-2)22(28(4,24)25)17-11-15(20)8-9-18(17)27-3/h5-11,13H,12H2,1-4H3,(H,21,23). The fourth-order valence-corrected chi connectivity index (χ4v) is 4.07. The number of methoxy groups -OCH3 is 2. The second-order valence-electron chi connectivity index (χ2n) is 6.12. The van der Waals surface area contributed by atoms with Crippen molar-refractivity contribution in [1.82, 2.24) is 5.32 Å². The summed E-state index contributed by atoms with van der Waals surface area (Å²) in [7, 11) is -0.816. The molecule has 28 heavy (non-hydrogen) atoms. The Morgan fingerprint density at radius 1 is 1.18 bits per heavy atom. The van der Waals surface area contributed by atoms with Gasteiger partial charge in [0.1, 0.15) is 17.5 Å². The Morgan fingerprint density at radius 2 is 1.89 bits per heavy atom. The number of nitrogens with zero attached hydrogens (tertiary/aromatic N) is 1. The molecule has 0 spiro atoms. The van der Waals surface area contributed by atoms with E-state index in [1.54, 1.807) is 31.4 Å². The highest BCUT2D eigenvalue weighted by Gasteiger charge is 2.31. The number of carbonyl (C=O) groups excluding carboxylic acids is 1. The van der Waals surface area contributed by atoms with Gasteiger partial charge in [-0.15, -0.1) is 0 Å². The average molecular weight is 427 g/mol. The van der Waals surface area contributed by atoms with Gasteiger partial charge in [0.15, 0.2) is 0 Å². The number of ether oxygens (including phenoxy) is 2. The lowest BCUT2D eigenvalue weighted by atomic mass is 10.2. The van der Waals surface area contributed by atoms with Crippen LogP contribution in [0, 0.1) is 0 Å². The van der Waals surface area contributed by atoms with Crippen LogP contribution < -0.4 is 19.1 Å². The van der Waals surface area contributed by atoms with Crippen LogP contribution in [0.4, 0.5) is 5.69 Å². The third kappa shape index (κ3) is 5.30. The maximum absolute atomic E-state index is 12.7. The normalized spacial score (nSPS) is 12.2. The minimum Gasteiger partial charge on any atom is -0.497 e. The van der Waals surface area contributed by atoms with Gasteiger partial charge in [0, 0.05) is 11.6 Å². The van der Waals surface area contributed by atoms with Gasteiger partial charge in [-0.2, -0.15) is 0 Å². The van der Waals surface area contributed by atoms with Gasteiger partial charge in [-0.05, 0) is 42.8 Å². The first-order valence-corrected chi connectivity index (χ1v) is 10.6. The van der Waals surface area contributed by atoms with Crippen LogP contribution in [0.25, 0.3) is 0 Å². The number of hydrogen-bond acceptors (Lipinski definition) is 5. The van der Waals surface area contributed by atoms with Crippen molar-refractivity contribution in [1.29, 1.82) is 0 Å². The van der Waals surface area contributed by atoms with Crippen molar-refractivity contribution in [2.24, 2.45) is 0 Å². The number of anilines is 1. The number of rotatable bonds is 8. The Morgan fingerprint density at radius 3 is 2.50 bits per heavy atom. The molecule has 152 valence electrons. The molecule has 0 aliphatic heterocycles. The van der Waals surface area contributed by atoms with Crippen LogP contribution in [0.15, 0.2) is 42.5 Å². The van der Waals surface area contributed by atoms with E-state index in [2.05, 4.69) is 5.32 Å². The number of amides is 1. The molecule has 2 aromatic rings. The SMILES string of the molecule is COc1cccc(CNC(=O)C(C)N(c2cc(Cl)ccc2OC)S(C)(=O)=O)c1. The molecule has 1 atom stereocenters. The summed E-state index contributed by atoms with van der Waals surface area (Å²) in [4.78, 5) is 12.7. The van der Waals surface area contributed by atoms with E-state index >= 15 is 0 Å². The van der Waals surface area contributed by atoms with E-state index in [1.165, 1.54) is 20.1 Å². The lowest BCUT2D eigenvalue weighted by Gasteiger charge is -2.29. The van der Waals surface area contributed by atoms with Crippen LogP contribution in [0.1, 0.15) is 12.5 Å². The summed E-state index contributed by atoms with van der Waals surface area (Å²) in [6.45, 7) is 1.73. The predicted octanol–water partition coefficient (Wildman–Crippen LogP) is 2.83. The van der Waals surface area contributed by atoms with Crippen molar-refractivity contribution in [2.75, 3.05) is 24.8 Å². The minimum absolute atomic E-state index is 0.196. The van der Waals surface area contributed by atoms with Gasteiger partial charge in [-0.1, -0.05) is 23.7 Å². The molecule has 1 unspecified atom stereocenters. The third-order valence-corrected chi connectivity index (χ3v) is 5.53. The highest BCUT2D eigenvalue weighted by atomic mass is 35.5. The monoisotopic (exact) mass is 426 g/mol. The Balaban J connectivity index is 2.27. The Kier molecular flexibility index (Phi) is 7.15. The van der Waals surface area contributed by atoms with Crippen LogP contribution in [0.5, 0.6) is 11.5 Å². The summed E-state index contributed by atoms with van der Waals surface area (Å²) in [5, 5.41) is 3.08. The molecule has 1 N–H and O–H groups in total. The van der Waals surface area contributed by atoms with Crippen molar-refractivity contribution in [3.05, 3.63) is 53.1 Å². The topological polar surface area (TPSA) is 84.9 Å². The molecule has 0 aliphatic rings. The van der Waals surface area contributed by atoms with Crippen LogP contribution >= 0.6 is 11.6 Å².